The van der Waals surface area contributed by atoms with Crippen molar-refractivity contribution in [2.75, 3.05) is 11.1 Å². The van der Waals surface area contributed by atoms with Crippen molar-refractivity contribution in [1.82, 2.24) is 4.98 Å². The highest BCUT2D eigenvalue weighted by molar-refractivity contribution is 5.99. The highest BCUT2D eigenvalue weighted by Gasteiger charge is 2.07. The predicted octanol–water partition coefficient (Wildman–Crippen LogP) is 1.81. The minimum Gasteiger partial charge on any atom is -0.398 e. The van der Waals surface area contributed by atoms with Crippen molar-refractivity contribution >= 4 is 23.0 Å². The number of carbonyl (C=O) groups excluding carboxylic acids is 1. The summed E-state index contributed by atoms with van der Waals surface area (Å²) in [5, 5.41) is 3.17. The molecule has 5 nitrogen and oxygen atoms in total. The van der Waals surface area contributed by atoms with Gasteiger partial charge in [-0.15, -0.1) is 0 Å². The average Bonchev–Trinajstić information content (AvgIpc) is 2.34. The van der Waals surface area contributed by atoms with Crippen LogP contribution in [0, 0.1) is 6.92 Å². The highest BCUT2D eigenvalue weighted by atomic mass is 16.1. The number of anilines is 3. The number of hydrogen-bond donors (Lipinski definition) is 3. The highest BCUT2D eigenvalue weighted by Crippen LogP contribution is 2.22. The average molecular weight is 242 g/mol. The van der Waals surface area contributed by atoms with E-state index in [1.54, 1.807) is 30.6 Å². The van der Waals surface area contributed by atoms with Gasteiger partial charge in [-0.25, -0.2) is 0 Å². The van der Waals surface area contributed by atoms with Gasteiger partial charge in [-0.1, -0.05) is 0 Å². The number of aromatic nitrogens is 1. The number of nitrogens with two attached hydrogens (primary N) is 2. The number of benzene rings is 1. The quantitative estimate of drug-likeness (QED) is 0.715. The fourth-order valence-electron chi connectivity index (χ4n) is 1.60. The van der Waals surface area contributed by atoms with Gasteiger partial charge in [-0.05, 0) is 36.8 Å². The van der Waals surface area contributed by atoms with Crippen LogP contribution in [0.1, 0.15) is 15.9 Å². The van der Waals surface area contributed by atoms with Gasteiger partial charge < -0.3 is 16.8 Å². The fourth-order valence-corrected chi connectivity index (χ4v) is 1.60. The molecular formula is C13H14N4O. The van der Waals surface area contributed by atoms with E-state index >= 15 is 0 Å². The van der Waals surface area contributed by atoms with Crippen LogP contribution < -0.4 is 16.8 Å². The summed E-state index contributed by atoms with van der Waals surface area (Å²) in [6.07, 6.45) is 3.44. The Morgan fingerprint density at radius 3 is 2.78 bits per heavy atom. The second-order valence-electron chi connectivity index (χ2n) is 3.98. The van der Waals surface area contributed by atoms with Crippen molar-refractivity contribution < 1.29 is 4.79 Å². The monoisotopic (exact) mass is 242 g/mol. The number of aryl methyl sites for hydroxylation is 1. The number of nitrogens with one attached hydrogen (secondary N) is 1. The molecule has 1 heterocycles. The van der Waals surface area contributed by atoms with Crippen molar-refractivity contribution in [3.8, 4) is 0 Å². The summed E-state index contributed by atoms with van der Waals surface area (Å²) < 4.78 is 0. The Morgan fingerprint density at radius 2 is 2.11 bits per heavy atom. The maximum atomic E-state index is 11.2. The minimum atomic E-state index is -0.543. The van der Waals surface area contributed by atoms with Crippen molar-refractivity contribution in [2.45, 2.75) is 6.92 Å². The molecule has 0 fully saturated rings. The third-order valence-corrected chi connectivity index (χ3v) is 2.64. The van der Waals surface area contributed by atoms with Crippen molar-refractivity contribution in [3.05, 3.63) is 47.8 Å². The van der Waals surface area contributed by atoms with Gasteiger partial charge in [-0.2, -0.15) is 0 Å². The molecule has 1 aromatic carbocycles. The third kappa shape index (κ3) is 2.40. The molecule has 0 unspecified atom stereocenters. The second kappa shape index (κ2) is 4.75. The second-order valence-corrected chi connectivity index (χ2v) is 3.98. The Kier molecular flexibility index (Phi) is 3.14. The van der Waals surface area contributed by atoms with Crippen LogP contribution in [0.5, 0.6) is 0 Å². The van der Waals surface area contributed by atoms with Gasteiger partial charge >= 0.3 is 0 Å². The smallest absolute Gasteiger partial charge is 0.250 e. The lowest BCUT2D eigenvalue weighted by atomic mass is 10.1. The van der Waals surface area contributed by atoms with Crippen LogP contribution in [0.2, 0.25) is 0 Å². The van der Waals surface area contributed by atoms with E-state index in [9.17, 15) is 4.79 Å². The number of rotatable bonds is 3. The first kappa shape index (κ1) is 11.9. The van der Waals surface area contributed by atoms with Crippen LogP contribution in [0.25, 0.3) is 0 Å². The Bertz CT molecular complexity index is 595. The number of nitrogen functional groups attached to an aromatic ring is 1. The van der Waals surface area contributed by atoms with Crippen LogP contribution >= 0.6 is 0 Å². The zero-order chi connectivity index (χ0) is 13.1. The van der Waals surface area contributed by atoms with E-state index < -0.39 is 5.91 Å². The molecule has 18 heavy (non-hydrogen) atoms. The van der Waals surface area contributed by atoms with Crippen LogP contribution in [-0.2, 0) is 0 Å². The summed E-state index contributed by atoms with van der Waals surface area (Å²) in [6.45, 7) is 1.97. The van der Waals surface area contributed by atoms with Crippen LogP contribution in [0.4, 0.5) is 17.1 Å². The Hall–Kier alpha value is -2.56. The third-order valence-electron chi connectivity index (χ3n) is 2.64. The summed E-state index contributed by atoms with van der Waals surface area (Å²) in [5.74, 6) is -0.543. The number of nitrogens with zero attached hydrogens (tertiary/aromatic N) is 1. The molecule has 0 saturated carbocycles. The molecule has 2 rings (SSSR count). The number of amides is 1. The van der Waals surface area contributed by atoms with Crippen LogP contribution in [-0.4, -0.2) is 10.9 Å². The first-order valence-corrected chi connectivity index (χ1v) is 5.45. The summed E-state index contributed by atoms with van der Waals surface area (Å²) in [6, 6.07) is 6.96. The van der Waals surface area contributed by atoms with Crippen molar-refractivity contribution in [2.24, 2.45) is 5.73 Å². The normalized spacial score (nSPS) is 10.1. The lowest BCUT2D eigenvalue weighted by Gasteiger charge is -2.10. The molecule has 0 bridgehead atoms. The van der Waals surface area contributed by atoms with Gasteiger partial charge in [0.2, 0.25) is 0 Å². The Morgan fingerprint density at radius 1 is 1.33 bits per heavy atom. The van der Waals surface area contributed by atoms with Gasteiger partial charge in [0, 0.05) is 17.6 Å². The molecular weight excluding hydrogens is 228 g/mol. The maximum absolute atomic E-state index is 11.2. The first-order chi connectivity index (χ1) is 8.58. The molecule has 0 spiro atoms. The van der Waals surface area contributed by atoms with E-state index in [1.807, 2.05) is 13.0 Å². The first-order valence-electron chi connectivity index (χ1n) is 5.45. The topological polar surface area (TPSA) is 94.0 Å². The molecule has 0 aliphatic rings. The van der Waals surface area contributed by atoms with E-state index in [1.165, 1.54) is 0 Å². The van der Waals surface area contributed by atoms with E-state index in [-0.39, 0.29) is 0 Å². The molecule has 5 N–H and O–H groups in total. The Labute approximate surface area is 105 Å². The molecule has 0 saturated heterocycles. The molecule has 0 radical (unpaired) electrons. The minimum absolute atomic E-state index is 0.307. The maximum Gasteiger partial charge on any atom is 0.250 e. The summed E-state index contributed by atoms with van der Waals surface area (Å²) >= 11 is 0. The van der Waals surface area contributed by atoms with E-state index in [2.05, 4.69) is 10.3 Å². The largest absolute Gasteiger partial charge is 0.398 e. The zero-order valence-corrected chi connectivity index (χ0v) is 9.97. The molecule has 92 valence electrons. The lowest BCUT2D eigenvalue weighted by molar-refractivity contribution is 0.100. The number of primary amides is 1. The molecule has 5 heteroatoms. The summed E-state index contributed by atoms with van der Waals surface area (Å²) in [4.78, 5) is 15.2. The predicted molar refractivity (Wildman–Crippen MR) is 71.6 cm³/mol. The molecule has 1 aromatic heterocycles. The summed E-state index contributed by atoms with van der Waals surface area (Å²) in [5.41, 5.74) is 14.3. The van der Waals surface area contributed by atoms with Gasteiger partial charge in [0.25, 0.3) is 5.91 Å². The molecule has 1 amide bonds. The van der Waals surface area contributed by atoms with Crippen molar-refractivity contribution in [1.29, 1.82) is 0 Å². The summed E-state index contributed by atoms with van der Waals surface area (Å²) in [7, 11) is 0. The number of pyridine rings is 1. The zero-order valence-electron chi connectivity index (χ0n) is 9.97. The standard InChI is InChI=1S/C13H14N4O/c1-8-4-5-16-7-12(8)17-9-2-3-11(14)10(6-9)13(15)18/h2-7,17H,14H2,1H3,(H2,15,18). The van der Waals surface area contributed by atoms with Crippen molar-refractivity contribution in [3.63, 3.8) is 0 Å². The number of carbonyl (C=O) groups is 1. The molecule has 0 aliphatic heterocycles. The lowest BCUT2D eigenvalue weighted by Crippen LogP contribution is -2.13. The molecule has 2 aromatic rings. The van der Waals surface area contributed by atoms with Gasteiger partial charge in [0.05, 0.1) is 17.4 Å². The molecule has 0 atom stereocenters. The van der Waals surface area contributed by atoms with Gasteiger partial charge in [0.15, 0.2) is 0 Å². The fraction of sp³-hybridized carbons (Fsp3) is 0.0769. The van der Waals surface area contributed by atoms with E-state index in [0.29, 0.717) is 11.3 Å². The Balaban J connectivity index is 2.33. The van der Waals surface area contributed by atoms with Crippen LogP contribution in [0.15, 0.2) is 36.7 Å². The molecule has 0 aliphatic carbocycles. The van der Waals surface area contributed by atoms with E-state index in [0.717, 1.165) is 16.9 Å². The number of hydrogen-bond acceptors (Lipinski definition) is 4. The van der Waals surface area contributed by atoms with E-state index in [4.69, 9.17) is 11.5 Å². The van der Waals surface area contributed by atoms with Gasteiger partial charge in [-0.3, -0.25) is 9.78 Å². The van der Waals surface area contributed by atoms with Gasteiger partial charge in [0.1, 0.15) is 0 Å². The van der Waals surface area contributed by atoms with Crippen LogP contribution in [0.3, 0.4) is 0 Å². The SMILES string of the molecule is Cc1ccncc1Nc1ccc(N)c(C(N)=O)c1.